The van der Waals surface area contributed by atoms with Gasteiger partial charge in [0, 0.05) is 13.0 Å². The Hall–Kier alpha value is -3.09. The number of furan rings is 1. The number of amides is 2. The molecule has 2 N–H and O–H groups in total. The quantitative estimate of drug-likeness (QED) is 0.826. The monoisotopic (exact) mass is 356 g/mol. The zero-order valence-corrected chi connectivity index (χ0v) is 14.4. The van der Waals surface area contributed by atoms with Crippen LogP contribution < -0.4 is 5.32 Å². The Morgan fingerprint density at radius 3 is 2.62 bits per heavy atom. The van der Waals surface area contributed by atoms with Crippen molar-refractivity contribution < 1.29 is 23.9 Å². The Morgan fingerprint density at radius 1 is 1.23 bits per heavy atom. The van der Waals surface area contributed by atoms with Crippen molar-refractivity contribution in [3.63, 3.8) is 0 Å². The number of aromatic carboxylic acids is 1. The molecule has 0 spiro atoms. The molecule has 2 aromatic rings. The molecule has 1 fully saturated rings. The first-order chi connectivity index (χ1) is 12.4. The summed E-state index contributed by atoms with van der Waals surface area (Å²) in [6.07, 6.45) is 0.808. The maximum Gasteiger partial charge on any atom is 0.371 e. The minimum absolute atomic E-state index is 0.0445. The summed E-state index contributed by atoms with van der Waals surface area (Å²) < 4.78 is 5.12. The van der Waals surface area contributed by atoms with Crippen molar-refractivity contribution in [2.45, 2.75) is 38.9 Å². The van der Waals surface area contributed by atoms with E-state index in [1.165, 1.54) is 12.1 Å². The molecule has 1 saturated heterocycles. The minimum Gasteiger partial charge on any atom is -0.475 e. The van der Waals surface area contributed by atoms with Gasteiger partial charge in [0.05, 0.1) is 6.54 Å². The molecule has 0 radical (unpaired) electrons. The number of aryl methyl sites for hydroxylation is 1. The number of carboxylic acid groups (broad SMARTS) is 1. The normalized spacial score (nSPS) is 16.7. The molecule has 136 valence electrons. The van der Waals surface area contributed by atoms with Gasteiger partial charge in [0.1, 0.15) is 11.8 Å². The Kier molecular flexibility index (Phi) is 5.06. The van der Waals surface area contributed by atoms with Gasteiger partial charge in [-0.05, 0) is 31.0 Å². The second kappa shape index (κ2) is 7.43. The van der Waals surface area contributed by atoms with Gasteiger partial charge in [-0.3, -0.25) is 9.59 Å². The van der Waals surface area contributed by atoms with Gasteiger partial charge in [0.15, 0.2) is 0 Å². The highest BCUT2D eigenvalue weighted by atomic mass is 16.4. The van der Waals surface area contributed by atoms with Crippen LogP contribution >= 0.6 is 0 Å². The molecule has 0 bridgehead atoms. The molecule has 0 unspecified atom stereocenters. The summed E-state index contributed by atoms with van der Waals surface area (Å²) in [6, 6.07) is 10.2. The predicted molar refractivity (Wildman–Crippen MR) is 92.3 cm³/mol. The summed E-state index contributed by atoms with van der Waals surface area (Å²) in [5.41, 5.74) is 2.11. The van der Waals surface area contributed by atoms with Crippen LogP contribution in [-0.2, 0) is 22.7 Å². The van der Waals surface area contributed by atoms with Gasteiger partial charge in [-0.1, -0.05) is 29.8 Å². The molecule has 1 atom stereocenters. The first-order valence-corrected chi connectivity index (χ1v) is 8.39. The van der Waals surface area contributed by atoms with E-state index in [9.17, 15) is 14.4 Å². The number of likely N-dealkylation sites (tertiary alicyclic amines) is 1. The number of carbonyl (C=O) groups excluding carboxylic acids is 2. The van der Waals surface area contributed by atoms with Crippen LogP contribution in [0.5, 0.6) is 0 Å². The van der Waals surface area contributed by atoms with Crippen LogP contribution in [0.25, 0.3) is 0 Å². The first-order valence-electron chi connectivity index (χ1n) is 8.39. The molecule has 1 aromatic carbocycles. The molecule has 0 aliphatic carbocycles. The second-order valence-corrected chi connectivity index (χ2v) is 6.35. The van der Waals surface area contributed by atoms with Crippen LogP contribution in [0.15, 0.2) is 40.8 Å². The molecule has 0 saturated carbocycles. The highest BCUT2D eigenvalue weighted by Crippen LogP contribution is 2.22. The van der Waals surface area contributed by atoms with Crippen molar-refractivity contribution in [2.75, 3.05) is 0 Å². The van der Waals surface area contributed by atoms with Gasteiger partial charge < -0.3 is 19.7 Å². The highest BCUT2D eigenvalue weighted by Gasteiger charge is 2.35. The number of hydrogen-bond donors (Lipinski definition) is 2. The van der Waals surface area contributed by atoms with E-state index < -0.39 is 12.0 Å². The Bertz CT molecular complexity index is 825. The third-order valence-corrected chi connectivity index (χ3v) is 4.41. The summed E-state index contributed by atoms with van der Waals surface area (Å²) in [5, 5.41) is 11.6. The minimum atomic E-state index is -1.16. The Labute approximate surface area is 150 Å². The van der Waals surface area contributed by atoms with Gasteiger partial charge >= 0.3 is 5.97 Å². The summed E-state index contributed by atoms with van der Waals surface area (Å²) in [6.45, 7) is 2.46. The van der Waals surface area contributed by atoms with Crippen molar-refractivity contribution in [1.82, 2.24) is 10.2 Å². The van der Waals surface area contributed by atoms with Crippen molar-refractivity contribution in [3.05, 3.63) is 59.0 Å². The fraction of sp³-hybridized carbons (Fsp3) is 0.316. The zero-order chi connectivity index (χ0) is 18.7. The lowest BCUT2D eigenvalue weighted by Crippen LogP contribution is -2.44. The van der Waals surface area contributed by atoms with E-state index in [2.05, 4.69) is 5.32 Å². The molecular weight excluding hydrogens is 336 g/mol. The van der Waals surface area contributed by atoms with E-state index >= 15 is 0 Å². The van der Waals surface area contributed by atoms with Gasteiger partial charge in [-0.2, -0.15) is 0 Å². The fourth-order valence-electron chi connectivity index (χ4n) is 2.97. The summed E-state index contributed by atoms with van der Waals surface area (Å²) >= 11 is 0. The molecule has 26 heavy (non-hydrogen) atoms. The van der Waals surface area contributed by atoms with Gasteiger partial charge in [-0.15, -0.1) is 0 Å². The Balaban J connectivity index is 1.62. The van der Waals surface area contributed by atoms with Gasteiger partial charge in [-0.25, -0.2) is 4.79 Å². The average molecular weight is 356 g/mol. The number of rotatable bonds is 6. The van der Waals surface area contributed by atoms with Crippen LogP contribution in [0.3, 0.4) is 0 Å². The number of benzene rings is 1. The van der Waals surface area contributed by atoms with Crippen LogP contribution in [-0.4, -0.2) is 33.8 Å². The standard InChI is InChI=1S/C19H20N2O5/c1-12-2-4-13(5-3-12)11-21-15(7-9-17(21)22)18(23)20-10-14-6-8-16(26-14)19(24)25/h2-6,8,15H,7,9-11H2,1H3,(H,20,23)(H,24,25)/t15-/m0/s1. The van der Waals surface area contributed by atoms with Gasteiger partial charge in [0.2, 0.25) is 17.6 Å². The number of carboxylic acids is 1. The maximum absolute atomic E-state index is 12.5. The molecule has 3 rings (SSSR count). The summed E-state index contributed by atoms with van der Waals surface area (Å²) in [5.74, 6) is -1.29. The van der Waals surface area contributed by atoms with Crippen LogP contribution in [0, 0.1) is 6.92 Å². The summed E-state index contributed by atoms with van der Waals surface area (Å²) in [7, 11) is 0. The van der Waals surface area contributed by atoms with Crippen molar-refractivity contribution in [1.29, 1.82) is 0 Å². The van der Waals surface area contributed by atoms with E-state index in [0.717, 1.165) is 11.1 Å². The number of carbonyl (C=O) groups is 3. The molecule has 1 aliphatic rings. The lowest BCUT2D eigenvalue weighted by atomic mass is 10.1. The maximum atomic E-state index is 12.5. The number of nitrogens with zero attached hydrogens (tertiary/aromatic N) is 1. The van der Waals surface area contributed by atoms with Crippen LogP contribution in [0.2, 0.25) is 0 Å². The molecule has 2 amide bonds. The van der Waals surface area contributed by atoms with Crippen molar-refractivity contribution in [2.24, 2.45) is 0 Å². The molecule has 7 nitrogen and oxygen atoms in total. The number of nitrogens with one attached hydrogen (secondary N) is 1. The zero-order valence-electron chi connectivity index (χ0n) is 14.4. The SMILES string of the molecule is Cc1ccc(CN2C(=O)CC[C@H]2C(=O)NCc2ccc(C(=O)O)o2)cc1. The topological polar surface area (TPSA) is 99.9 Å². The largest absolute Gasteiger partial charge is 0.475 e. The predicted octanol–water partition coefficient (Wildman–Crippen LogP) is 2.09. The lowest BCUT2D eigenvalue weighted by molar-refractivity contribution is -0.135. The third-order valence-electron chi connectivity index (χ3n) is 4.41. The Morgan fingerprint density at radius 2 is 1.96 bits per heavy atom. The lowest BCUT2D eigenvalue weighted by Gasteiger charge is -2.24. The second-order valence-electron chi connectivity index (χ2n) is 6.35. The molecule has 7 heteroatoms. The van der Waals surface area contributed by atoms with E-state index in [1.54, 1.807) is 4.90 Å². The fourth-order valence-corrected chi connectivity index (χ4v) is 2.97. The van der Waals surface area contributed by atoms with E-state index in [-0.39, 0.29) is 24.1 Å². The summed E-state index contributed by atoms with van der Waals surface area (Å²) in [4.78, 5) is 37.1. The molecule has 1 aliphatic heterocycles. The van der Waals surface area contributed by atoms with Gasteiger partial charge in [0.25, 0.3) is 0 Å². The molecular formula is C19H20N2O5. The van der Waals surface area contributed by atoms with E-state index in [4.69, 9.17) is 9.52 Å². The third kappa shape index (κ3) is 3.93. The van der Waals surface area contributed by atoms with Crippen LogP contribution in [0.4, 0.5) is 0 Å². The van der Waals surface area contributed by atoms with Crippen LogP contribution in [0.1, 0.15) is 40.3 Å². The molecule has 1 aromatic heterocycles. The number of hydrogen-bond acceptors (Lipinski definition) is 4. The highest BCUT2D eigenvalue weighted by molar-refractivity contribution is 5.90. The molecule has 2 heterocycles. The average Bonchev–Trinajstić information content (AvgIpc) is 3.23. The first kappa shape index (κ1) is 17.7. The van der Waals surface area contributed by atoms with Crippen molar-refractivity contribution in [3.8, 4) is 0 Å². The van der Waals surface area contributed by atoms with Crippen molar-refractivity contribution >= 4 is 17.8 Å². The smallest absolute Gasteiger partial charge is 0.371 e. The van der Waals surface area contributed by atoms with E-state index in [0.29, 0.717) is 25.1 Å². The van der Waals surface area contributed by atoms with E-state index in [1.807, 2.05) is 31.2 Å².